The molecule has 5 saturated carbocycles. The highest BCUT2D eigenvalue weighted by Crippen LogP contribution is 2.78. The van der Waals surface area contributed by atoms with Crippen LogP contribution in [0.25, 0.3) is 0 Å². The van der Waals surface area contributed by atoms with E-state index in [1.54, 1.807) is 13.8 Å². The van der Waals surface area contributed by atoms with Crippen molar-refractivity contribution in [3.8, 4) is 0 Å². The number of carbonyl (C=O) groups excluding carboxylic acids is 2. The van der Waals surface area contributed by atoms with Crippen molar-refractivity contribution in [1.82, 2.24) is 10.2 Å². The molecule has 1 saturated heterocycles. The Labute approximate surface area is 308 Å². The fourth-order valence-electron chi connectivity index (χ4n) is 14.0. The number of ether oxygens (including phenoxy) is 2. The van der Waals surface area contributed by atoms with Crippen LogP contribution in [0.4, 0.5) is 0 Å². The third kappa shape index (κ3) is 6.52. The molecule has 8 heteroatoms. The molecule has 0 spiro atoms. The van der Waals surface area contributed by atoms with Gasteiger partial charge in [0.2, 0.25) is 5.91 Å². The van der Waals surface area contributed by atoms with Gasteiger partial charge in [-0.15, -0.1) is 0 Å². The Hall–Kier alpha value is -1.93. The first kappa shape index (κ1) is 38.8. The summed E-state index contributed by atoms with van der Waals surface area (Å²) in [7, 11) is 0. The molecule has 6 aliphatic rings. The molecule has 0 aromatic carbocycles. The number of morpholine rings is 1. The lowest BCUT2D eigenvalue weighted by Gasteiger charge is -2.73. The molecule has 8 nitrogen and oxygen atoms in total. The molecule has 1 heterocycles. The number of carbonyl (C=O) groups is 3. The number of esters is 1. The maximum absolute atomic E-state index is 13.7. The molecule has 0 aromatic heterocycles. The first-order chi connectivity index (χ1) is 23.8. The van der Waals surface area contributed by atoms with E-state index in [2.05, 4.69) is 58.3 Å². The van der Waals surface area contributed by atoms with Gasteiger partial charge < -0.3 is 19.9 Å². The minimum atomic E-state index is -1.14. The molecule has 6 fully saturated rings. The smallest absolute Gasteiger partial charge is 0.309 e. The van der Waals surface area contributed by atoms with Crippen molar-refractivity contribution in [3.63, 3.8) is 0 Å². The molecule has 0 aromatic rings. The van der Waals surface area contributed by atoms with Gasteiger partial charge in [0.25, 0.3) is 0 Å². The van der Waals surface area contributed by atoms with Crippen molar-refractivity contribution in [1.29, 1.82) is 0 Å². The summed E-state index contributed by atoms with van der Waals surface area (Å²) in [6.07, 6.45) is 11.6. The van der Waals surface area contributed by atoms with Gasteiger partial charge in [0.15, 0.2) is 0 Å². The summed E-state index contributed by atoms with van der Waals surface area (Å²) >= 11 is 0. The van der Waals surface area contributed by atoms with Crippen LogP contribution < -0.4 is 5.32 Å². The molecule has 2 unspecified atom stereocenters. The molecule has 51 heavy (non-hydrogen) atoms. The van der Waals surface area contributed by atoms with Gasteiger partial charge in [0.05, 0.1) is 25.0 Å². The second kappa shape index (κ2) is 13.7. The Morgan fingerprint density at radius 3 is 2.27 bits per heavy atom. The van der Waals surface area contributed by atoms with Crippen LogP contribution in [0.1, 0.15) is 132 Å². The minimum absolute atomic E-state index is 0.0558. The van der Waals surface area contributed by atoms with Gasteiger partial charge in [-0.3, -0.25) is 19.3 Å². The number of fused-ring (bicyclic) bond motifs is 7. The SMILES string of the molecule is C=C(C)[C@@H]1CC[C@]2(CC(=O)NCCN3CCOCC3)CC[C@]3(C)[C@H](CCC4[C@@]5(C)CC[C@H](OC(=O)CC(C)(C)C(=O)O)C(C)(C)C5CC[C@]43C)[C@@H]12. The summed E-state index contributed by atoms with van der Waals surface area (Å²) in [5.74, 6) is 1.47. The zero-order chi connectivity index (χ0) is 37.2. The highest BCUT2D eigenvalue weighted by atomic mass is 16.5. The number of rotatable bonds is 10. The Kier molecular flexibility index (Phi) is 10.4. The number of aliphatic carboxylic acids is 1. The molecule has 2 N–H and O–H groups in total. The number of allylic oxidation sites excluding steroid dienone is 1. The van der Waals surface area contributed by atoms with Gasteiger partial charge in [0, 0.05) is 38.0 Å². The van der Waals surface area contributed by atoms with Crippen LogP contribution in [0.3, 0.4) is 0 Å². The molecular formula is C43H70N2O6. The quantitative estimate of drug-likeness (QED) is 0.176. The van der Waals surface area contributed by atoms with E-state index in [1.807, 2.05) is 0 Å². The minimum Gasteiger partial charge on any atom is -0.481 e. The van der Waals surface area contributed by atoms with Crippen molar-refractivity contribution in [2.24, 2.45) is 62.1 Å². The second-order valence-corrected chi connectivity index (χ2v) is 20.2. The maximum Gasteiger partial charge on any atom is 0.309 e. The van der Waals surface area contributed by atoms with E-state index in [9.17, 15) is 19.5 Å². The van der Waals surface area contributed by atoms with Gasteiger partial charge in [-0.05, 0) is 136 Å². The molecule has 1 aliphatic heterocycles. The van der Waals surface area contributed by atoms with Crippen molar-refractivity contribution in [2.75, 3.05) is 39.4 Å². The van der Waals surface area contributed by atoms with Gasteiger partial charge >= 0.3 is 11.9 Å². The zero-order valence-corrected chi connectivity index (χ0v) is 33.3. The fraction of sp³-hybridized carbons (Fsp3) is 0.884. The third-order valence-corrected chi connectivity index (χ3v) is 17.0. The maximum atomic E-state index is 13.7. The Bertz CT molecular complexity index is 1370. The number of nitrogens with zero attached hydrogens (tertiary/aromatic N) is 1. The molecule has 10 atom stereocenters. The lowest BCUT2D eigenvalue weighted by molar-refractivity contribution is -0.250. The normalized spacial score (nSPS) is 42.0. The standard InChI is InChI=1S/C43H70N2O6/c1-28(2)29-12-17-43(26-34(46)44-20-21-45-22-24-50-25-23-45)19-18-41(8)30(36(29)43)10-11-32-40(7)15-14-33(51-35(47)27-38(3,4)37(48)49)39(5,6)31(40)13-16-42(32,41)9/h29-33,36H,1,10-27H2,2-9H3,(H,44,46)(H,48,49)/t29-,30+,31?,32?,33-,36+,40-,41+,42+,43+/m0/s1. The summed E-state index contributed by atoms with van der Waals surface area (Å²) in [6.45, 7) is 27.5. The summed E-state index contributed by atoms with van der Waals surface area (Å²) in [5, 5.41) is 12.9. The molecule has 6 rings (SSSR count). The topological polar surface area (TPSA) is 105 Å². The first-order valence-corrected chi connectivity index (χ1v) is 20.5. The van der Waals surface area contributed by atoms with Gasteiger partial charge in [0.1, 0.15) is 6.10 Å². The van der Waals surface area contributed by atoms with Crippen molar-refractivity contribution in [2.45, 2.75) is 139 Å². The van der Waals surface area contributed by atoms with Crippen LogP contribution in [0.2, 0.25) is 0 Å². The average molecular weight is 711 g/mol. The van der Waals surface area contributed by atoms with Crippen molar-refractivity contribution >= 4 is 17.8 Å². The molecule has 1 amide bonds. The number of hydrogen-bond acceptors (Lipinski definition) is 6. The van der Waals surface area contributed by atoms with Gasteiger partial charge in [-0.25, -0.2) is 0 Å². The van der Waals surface area contributed by atoms with E-state index < -0.39 is 17.4 Å². The largest absolute Gasteiger partial charge is 0.481 e. The third-order valence-electron chi connectivity index (χ3n) is 17.0. The van der Waals surface area contributed by atoms with Gasteiger partial charge in [-0.1, -0.05) is 46.8 Å². The van der Waals surface area contributed by atoms with E-state index in [4.69, 9.17) is 9.47 Å². The average Bonchev–Trinajstić information content (AvgIpc) is 3.42. The number of hydrogen-bond donors (Lipinski definition) is 2. The predicted molar refractivity (Wildman–Crippen MR) is 200 cm³/mol. The Morgan fingerprint density at radius 1 is 0.902 bits per heavy atom. The first-order valence-electron chi connectivity index (χ1n) is 20.5. The van der Waals surface area contributed by atoms with Crippen LogP contribution in [-0.4, -0.2) is 73.3 Å². The second-order valence-electron chi connectivity index (χ2n) is 20.2. The number of amides is 1. The highest BCUT2D eigenvalue weighted by molar-refractivity contribution is 5.81. The number of nitrogens with one attached hydrogen (secondary N) is 1. The summed E-state index contributed by atoms with van der Waals surface area (Å²) in [4.78, 5) is 40.9. The van der Waals surface area contributed by atoms with Crippen molar-refractivity contribution in [3.05, 3.63) is 12.2 Å². The van der Waals surface area contributed by atoms with E-state index in [-0.39, 0.29) is 45.5 Å². The van der Waals surface area contributed by atoms with Gasteiger partial charge in [-0.2, -0.15) is 0 Å². The molecule has 0 bridgehead atoms. The number of carboxylic acids is 1. The van der Waals surface area contributed by atoms with E-state index in [0.717, 1.165) is 71.4 Å². The summed E-state index contributed by atoms with van der Waals surface area (Å²) < 4.78 is 11.7. The van der Waals surface area contributed by atoms with Crippen molar-refractivity contribution < 1.29 is 29.0 Å². The Balaban J connectivity index is 1.19. The van der Waals surface area contributed by atoms with Crippen LogP contribution >= 0.6 is 0 Å². The summed E-state index contributed by atoms with van der Waals surface area (Å²) in [5.41, 5.74) is 0.565. The zero-order valence-electron chi connectivity index (χ0n) is 33.3. The van der Waals surface area contributed by atoms with Crippen LogP contribution in [-0.2, 0) is 23.9 Å². The number of carboxylic acid groups (broad SMARTS) is 1. The lowest BCUT2D eigenvalue weighted by Crippen LogP contribution is -2.67. The molecule has 288 valence electrons. The lowest BCUT2D eigenvalue weighted by atomic mass is 9.32. The van der Waals surface area contributed by atoms with E-state index in [1.165, 1.54) is 31.3 Å². The Morgan fingerprint density at radius 2 is 1.61 bits per heavy atom. The van der Waals surface area contributed by atoms with E-state index >= 15 is 0 Å². The molecular weight excluding hydrogens is 640 g/mol. The van der Waals surface area contributed by atoms with Crippen LogP contribution in [0, 0.1) is 62.1 Å². The molecule has 5 aliphatic carbocycles. The molecule has 0 radical (unpaired) electrons. The van der Waals surface area contributed by atoms with Crippen LogP contribution in [0.5, 0.6) is 0 Å². The fourth-order valence-corrected chi connectivity index (χ4v) is 14.0. The monoisotopic (exact) mass is 711 g/mol. The van der Waals surface area contributed by atoms with E-state index in [0.29, 0.717) is 42.6 Å². The summed E-state index contributed by atoms with van der Waals surface area (Å²) in [6, 6.07) is 0. The predicted octanol–water partition coefficient (Wildman–Crippen LogP) is 7.90. The highest BCUT2D eigenvalue weighted by Gasteiger charge is 2.71. The van der Waals surface area contributed by atoms with Crippen LogP contribution in [0.15, 0.2) is 12.2 Å².